The first-order chi connectivity index (χ1) is 6.87. The van der Waals surface area contributed by atoms with Crippen LogP contribution in [0.1, 0.15) is 47.0 Å². The van der Waals surface area contributed by atoms with Crippen molar-refractivity contribution in [3.63, 3.8) is 0 Å². The molecule has 1 aliphatic carbocycles. The highest BCUT2D eigenvalue weighted by molar-refractivity contribution is 5.65. The number of hydrogen-bond acceptors (Lipinski definition) is 2. The van der Waals surface area contributed by atoms with Gasteiger partial charge in [0.1, 0.15) is 0 Å². The summed E-state index contributed by atoms with van der Waals surface area (Å²) in [5.74, 6) is -0.184. The molecule has 2 nitrogen and oxygen atoms in total. The molecule has 0 saturated carbocycles. The maximum absolute atomic E-state index is 10.7. The highest BCUT2D eigenvalue weighted by Crippen LogP contribution is 2.48. The fourth-order valence-electron chi connectivity index (χ4n) is 2.13. The van der Waals surface area contributed by atoms with Gasteiger partial charge in [-0.15, -0.1) is 0 Å². The van der Waals surface area contributed by atoms with Gasteiger partial charge in [0, 0.05) is 6.92 Å². The van der Waals surface area contributed by atoms with Gasteiger partial charge in [0.2, 0.25) is 0 Å². The average Bonchev–Trinajstić information content (AvgIpc) is 2.10. The lowest BCUT2D eigenvalue weighted by Gasteiger charge is -2.45. The van der Waals surface area contributed by atoms with Crippen molar-refractivity contribution in [2.24, 2.45) is 10.8 Å². The molecule has 0 fully saturated rings. The monoisotopic (exact) mass is 210 g/mol. The number of esters is 1. The standard InChI is InChI=1S/C13H22O2/c1-11(14)15-10-9-13(4)8-6-5-7-12(13,2)3/h6,8H,5,7,9-10H2,1-4H3. The van der Waals surface area contributed by atoms with Crippen LogP contribution in [0.25, 0.3) is 0 Å². The van der Waals surface area contributed by atoms with Gasteiger partial charge in [0.25, 0.3) is 0 Å². The van der Waals surface area contributed by atoms with Crippen LogP contribution in [0.3, 0.4) is 0 Å². The molecule has 0 bridgehead atoms. The Morgan fingerprint density at radius 2 is 2.07 bits per heavy atom. The molecule has 0 amide bonds. The smallest absolute Gasteiger partial charge is 0.302 e. The second-order valence-electron chi connectivity index (χ2n) is 5.33. The molecule has 0 heterocycles. The minimum absolute atomic E-state index is 0.153. The van der Waals surface area contributed by atoms with E-state index < -0.39 is 0 Å². The van der Waals surface area contributed by atoms with Crippen molar-refractivity contribution in [1.82, 2.24) is 0 Å². The first kappa shape index (κ1) is 12.3. The average molecular weight is 210 g/mol. The first-order valence-corrected chi connectivity index (χ1v) is 5.68. The Bertz CT molecular complexity index is 266. The van der Waals surface area contributed by atoms with Crippen molar-refractivity contribution < 1.29 is 9.53 Å². The van der Waals surface area contributed by atoms with Gasteiger partial charge in [-0.05, 0) is 30.1 Å². The lowest BCUT2D eigenvalue weighted by Crippen LogP contribution is -2.36. The summed E-state index contributed by atoms with van der Waals surface area (Å²) in [6.45, 7) is 8.84. The van der Waals surface area contributed by atoms with E-state index in [0.717, 1.165) is 12.8 Å². The summed E-state index contributed by atoms with van der Waals surface area (Å²) in [7, 11) is 0. The van der Waals surface area contributed by atoms with Crippen LogP contribution < -0.4 is 0 Å². The largest absolute Gasteiger partial charge is 0.466 e. The predicted octanol–water partition coefficient (Wildman–Crippen LogP) is 3.32. The zero-order valence-electron chi connectivity index (χ0n) is 10.3. The third-order valence-electron chi connectivity index (χ3n) is 3.89. The topological polar surface area (TPSA) is 26.3 Å². The molecular weight excluding hydrogens is 188 g/mol. The lowest BCUT2D eigenvalue weighted by atomic mass is 9.60. The van der Waals surface area contributed by atoms with Crippen LogP contribution >= 0.6 is 0 Å². The summed E-state index contributed by atoms with van der Waals surface area (Å²) in [4.78, 5) is 10.7. The molecule has 1 unspecified atom stereocenters. The van der Waals surface area contributed by atoms with Crippen molar-refractivity contribution in [3.05, 3.63) is 12.2 Å². The van der Waals surface area contributed by atoms with Gasteiger partial charge in [0.15, 0.2) is 0 Å². The van der Waals surface area contributed by atoms with Crippen LogP contribution in [-0.4, -0.2) is 12.6 Å². The molecular formula is C13H22O2. The summed E-state index contributed by atoms with van der Waals surface area (Å²) in [6.07, 6.45) is 7.82. The molecule has 0 spiro atoms. The predicted molar refractivity (Wildman–Crippen MR) is 61.5 cm³/mol. The molecule has 0 N–H and O–H groups in total. The zero-order chi connectivity index (χ0) is 11.5. The van der Waals surface area contributed by atoms with Crippen LogP contribution in [0.5, 0.6) is 0 Å². The van der Waals surface area contributed by atoms with Crippen molar-refractivity contribution in [2.75, 3.05) is 6.61 Å². The summed E-state index contributed by atoms with van der Waals surface area (Å²) in [5.41, 5.74) is 0.447. The molecule has 0 radical (unpaired) electrons. The number of carbonyl (C=O) groups is 1. The Hall–Kier alpha value is -0.790. The summed E-state index contributed by atoms with van der Waals surface area (Å²) >= 11 is 0. The number of ether oxygens (including phenoxy) is 1. The van der Waals surface area contributed by atoms with Crippen LogP contribution in [0, 0.1) is 10.8 Å². The van der Waals surface area contributed by atoms with E-state index in [2.05, 4.69) is 32.9 Å². The number of hydrogen-bond donors (Lipinski definition) is 0. The molecule has 2 heteroatoms. The third kappa shape index (κ3) is 2.83. The van der Waals surface area contributed by atoms with E-state index in [1.807, 2.05) is 0 Å². The van der Waals surface area contributed by atoms with Gasteiger partial charge in [-0.1, -0.05) is 32.9 Å². The Balaban J connectivity index is 2.59. The quantitative estimate of drug-likeness (QED) is 0.527. The normalized spacial score (nSPS) is 28.8. The minimum atomic E-state index is -0.184. The molecule has 0 saturated heterocycles. The second kappa shape index (κ2) is 4.38. The molecule has 15 heavy (non-hydrogen) atoms. The number of rotatable bonds is 3. The van der Waals surface area contributed by atoms with E-state index >= 15 is 0 Å². The van der Waals surface area contributed by atoms with Crippen LogP contribution in [0.2, 0.25) is 0 Å². The molecule has 0 aromatic heterocycles. The van der Waals surface area contributed by atoms with E-state index in [1.54, 1.807) is 0 Å². The van der Waals surface area contributed by atoms with E-state index in [4.69, 9.17) is 4.74 Å². The van der Waals surface area contributed by atoms with Gasteiger partial charge in [-0.2, -0.15) is 0 Å². The SMILES string of the molecule is CC(=O)OCCC1(C)C=CCCC1(C)C. The Morgan fingerprint density at radius 1 is 1.40 bits per heavy atom. The molecule has 1 aliphatic rings. The Morgan fingerprint density at radius 3 is 2.60 bits per heavy atom. The highest BCUT2D eigenvalue weighted by Gasteiger charge is 2.39. The second-order valence-corrected chi connectivity index (χ2v) is 5.33. The molecule has 0 aliphatic heterocycles. The third-order valence-corrected chi connectivity index (χ3v) is 3.89. The Labute approximate surface area is 92.7 Å². The maximum Gasteiger partial charge on any atom is 0.302 e. The van der Waals surface area contributed by atoms with Crippen molar-refractivity contribution in [1.29, 1.82) is 0 Å². The van der Waals surface area contributed by atoms with Crippen molar-refractivity contribution in [3.8, 4) is 0 Å². The van der Waals surface area contributed by atoms with Crippen LogP contribution in [-0.2, 0) is 9.53 Å². The fourth-order valence-corrected chi connectivity index (χ4v) is 2.13. The fraction of sp³-hybridized carbons (Fsp3) is 0.769. The summed E-state index contributed by atoms with van der Waals surface area (Å²) < 4.78 is 5.03. The van der Waals surface area contributed by atoms with E-state index in [1.165, 1.54) is 13.3 Å². The maximum atomic E-state index is 10.7. The van der Waals surface area contributed by atoms with E-state index in [9.17, 15) is 4.79 Å². The zero-order valence-corrected chi connectivity index (χ0v) is 10.3. The molecule has 1 atom stereocenters. The number of allylic oxidation sites excluding steroid dienone is 2. The molecule has 1 rings (SSSR count). The van der Waals surface area contributed by atoms with Gasteiger partial charge in [-0.3, -0.25) is 4.79 Å². The van der Waals surface area contributed by atoms with E-state index in [0.29, 0.717) is 12.0 Å². The molecule has 86 valence electrons. The minimum Gasteiger partial charge on any atom is -0.466 e. The van der Waals surface area contributed by atoms with Gasteiger partial charge < -0.3 is 4.74 Å². The van der Waals surface area contributed by atoms with Crippen molar-refractivity contribution in [2.45, 2.75) is 47.0 Å². The highest BCUT2D eigenvalue weighted by atomic mass is 16.5. The van der Waals surface area contributed by atoms with Gasteiger partial charge in [0.05, 0.1) is 6.61 Å². The van der Waals surface area contributed by atoms with Crippen LogP contribution in [0.4, 0.5) is 0 Å². The van der Waals surface area contributed by atoms with Crippen molar-refractivity contribution >= 4 is 5.97 Å². The summed E-state index contributed by atoms with van der Waals surface area (Å²) in [6, 6.07) is 0. The Kier molecular flexibility index (Phi) is 3.58. The lowest BCUT2D eigenvalue weighted by molar-refractivity contribution is -0.142. The number of carbonyl (C=O) groups excluding carboxylic acids is 1. The first-order valence-electron chi connectivity index (χ1n) is 5.68. The van der Waals surface area contributed by atoms with Gasteiger partial charge in [-0.25, -0.2) is 0 Å². The molecule has 0 aromatic rings. The van der Waals surface area contributed by atoms with E-state index in [-0.39, 0.29) is 11.4 Å². The van der Waals surface area contributed by atoms with Crippen LogP contribution in [0.15, 0.2) is 12.2 Å². The molecule has 0 aromatic carbocycles. The summed E-state index contributed by atoms with van der Waals surface area (Å²) in [5, 5.41) is 0. The van der Waals surface area contributed by atoms with Gasteiger partial charge >= 0.3 is 5.97 Å².